The molecule has 0 aromatic carbocycles. The molecule has 1 aromatic heterocycles. The topological polar surface area (TPSA) is 70.1 Å². The summed E-state index contributed by atoms with van der Waals surface area (Å²) in [7, 11) is 0. The summed E-state index contributed by atoms with van der Waals surface area (Å²) in [5.41, 5.74) is 5.22. The molecule has 5 nitrogen and oxygen atoms in total. The zero-order chi connectivity index (χ0) is 10.4. The third kappa shape index (κ3) is 2.93. The molecule has 14 heavy (non-hydrogen) atoms. The second-order valence-electron chi connectivity index (χ2n) is 2.87. The first-order valence-electron chi connectivity index (χ1n) is 4.61. The summed E-state index contributed by atoms with van der Waals surface area (Å²) in [6, 6.07) is 1.71. The van der Waals surface area contributed by atoms with E-state index in [0.29, 0.717) is 19.7 Å². The molecular weight excluding hydrogens is 182 g/mol. The van der Waals surface area contributed by atoms with Gasteiger partial charge in [-0.2, -0.15) is 0 Å². The molecule has 1 rings (SSSR count). The van der Waals surface area contributed by atoms with Crippen molar-refractivity contribution in [1.29, 1.82) is 0 Å². The van der Waals surface area contributed by atoms with E-state index in [1.165, 1.54) is 10.8 Å². The molecule has 0 saturated carbocycles. The Morgan fingerprint density at radius 3 is 3.07 bits per heavy atom. The molecule has 1 atom stereocenters. The Hall–Kier alpha value is -1.20. The summed E-state index contributed by atoms with van der Waals surface area (Å²) in [5.74, 6) is 0. The molecule has 0 bridgehead atoms. The van der Waals surface area contributed by atoms with Crippen LogP contribution in [0, 0.1) is 0 Å². The molecule has 1 unspecified atom stereocenters. The van der Waals surface area contributed by atoms with Gasteiger partial charge in [-0.25, -0.2) is 9.78 Å². The summed E-state index contributed by atoms with van der Waals surface area (Å²) in [4.78, 5) is 14.9. The zero-order valence-corrected chi connectivity index (χ0v) is 8.22. The van der Waals surface area contributed by atoms with Crippen LogP contribution >= 0.6 is 0 Å². The van der Waals surface area contributed by atoms with Gasteiger partial charge in [-0.15, -0.1) is 0 Å². The molecule has 1 aromatic rings. The molecule has 5 heteroatoms. The van der Waals surface area contributed by atoms with Gasteiger partial charge < -0.3 is 10.5 Å². The molecule has 0 spiro atoms. The van der Waals surface area contributed by atoms with Crippen LogP contribution in [0.4, 0.5) is 0 Å². The van der Waals surface area contributed by atoms with E-state index in [1.54, 1.807) is 12.3 Å². The Kier molecular flexibility index (Phi) is 4.28. The van der Waals surface area contributed by atoms with E-state index in [9.17, 15) is 4.79 Å². The number of rotatable bonds is 5. The molecule has 0 aliphatic heterocycles. The molecule has 0 amide bonds. The van der Waals surface area contributed by atoms with Crippen LogP contribution in [0.25, 0.3) is 0 Å². The van der Waals surface area contributed by atoms with E-state index < -0.39 is 0 Å². The largest absolute Gasteiger partial charge is 0.375 e. The van der Waals surface area contributed by atoms with Crippen LogP contribution in [-0.2, 0) is 11.3 Å². The summed E-state index contributed by atoms with van der Waals surface area (Å²) < 4.78 is 6.83. The number of hydrogen-bond donors (Lipinski definition) is 1. The van der Waals surface area contributed by atoms with Crippen molar-refractivity contribution in [2.45, 2.75) is 19.6 Å². The average molecular weight is 197 g/mol. The number of nitrogens with zero attached hydrogens (tertiary/aromatic N) is 2. The van der Waals surface area contributed by atoms with Crippen molar-refractivity contribution in [3.8, 4) is 0 Å². The van der Waals surface area contributed by atoms with Crippen molar-refractivity contribution >= 4 is 0 Å². The van der Waals surface area contributed by atoms with Gasteiger partial charge in [0.15, 0.2) is 0 Å². The fourth-order valence-electron chi connectivity index (χ4n) is 1.18. The van der Waals surface area contributed by atoms with Crippen LogP contribution < -0.4 is 11.4 Å². The van der Waals surface area contributed by atoms with Gasteiger partial charge in [0.25, 0.3) is 0 Å². The summed E-state index contributed by atoms with van der Waals surface area (Å²) in [6.45, 7) is 3.34. The van der Waals surface area contributed by atoms with Crippen molar-refractivity contribution in [3.63, 3.8) is 0 Å². The monoisotopic (exact) mass is 197 g/mol. The van der Waals surface area contributed by atoms with Crippen molar-refractivity contribution in [2.75, 3.05) is 13.2 Å². The standard InChI is InChI=1S/C9H15N3O2/c1-2-14-8(6-10)7-12-5-3-4-11-9(12)13/h3-5,8H,2,6-7,10H2,1H3. The van der Waals surface area contributed by atoms with Crippen molar-refractivity contribution in [1.82, 2.24) is 9.55 Å². The molecule has 78 valence electrons. The van der Waals surface area contributed by atoms with E-state index >= 15 is 0 Å². The van der Waals surface area contributed by atoms with Gasteiger partial charge in [0.1, 0.15) is 0 Å². The Labute approximate surface area is 82.5 Å². The first-order valence-corrected chi connectivity index (χ1v) is 4.61. The molecule has 0 saturated heterocycles. The quantitative estimate of drug-likeness (QED) is 0.697. The maximum Gasteiger partial charge on any atom is 0.347 e. The number of nitrogens with two attached hydrogens (primary N) is 1. The lowest BCUT2D eigenvalue weighted by Crippen LogP contribution is -2.33. The normalized spacial score (nSPS) is 12.7. The van der Waals surface area contributed by atoms with Crippen LogP contribution in [0.15, 0.2) is 23.3 Å². The first-order chi connectivity index (χ1) is 6.77. The number of ether oxygens (including phenoxy) is 1. The number of hydrogen-bond acceptors (Lipinski definition) is 4. The van der Waals surface area contributed by atoms with E-state index in [-0.39, 0.29) is 11.8 Å². The van der Waals surface area contributed by atoms with Crippen LogP contribution in [0.3, 0.4) is 0 Å². The van der Waals surface area contributed by atoms with Gasteiger partial charge in [0, 0.05) is 25.5 Å². The van der Waals surface area contributed by atoms with Gasteiger partial charge in [-0.05, 0) is 13.0 Å². The van der Waals surface area contributed by atoms with Gasteiger partial charge in [-0.1, -0.05) is 0 Å². The first kappa shape index (κ1) is 10.9. The molecule has 0 radical (unpaired) electrons. The smallest absolute Gasteiger partial charge is 0.347 e. The van der Waals surface area contributed by atoms with E-state index in [1.807, 2.05) is 6.92 Å². The van der Waals surface area contributed by atoms with Crippen LogP contribution in [-0.4, -0.2) is 28.8 Å². The predicted molar refractivity (Wildman–Crippen MR) is 53.0 cm³/mol. The second-order valence-corrected chi connectivity index (χ2v) is 2.87. The van der Waals surface area contributed by atoms with Gasteiger partial charge in [0.05, 0.1) is 12.6 Å². The Bertz CT molecular complexity index is 324. The lowest BCUT2D eigenvalue weighted by Gasteiger charge is -2.15. The molecule has 0 fully saturated rings. The molecule has 0 aliphatic rings. The van der Waals surface area contributed by atoms with Crippen LogP contribution in [0.2, 0.25) is 0 Å². The third-order valence-corrected chi connectivity index (χ3v) is 1.85. The molecule has 0 aliphatic carbocycles. The maximum absolute atomic E-state index is 11.2. The van der Waals surface area contributed by atoms with E-state index in [2.05, 4.69) is 4.98 Å². The van der Waals surface area contributed by atoms with Gasteiger partial charge in [0.2, 0.25) is 0 Å². The van der Waals surface area contributed by atoms with Gasteiger partial charge in [-0.3, -0.25) is 4.57 Å². The predicted octanol–water partition coefficient (Wildman–Crippen LogP) is -0.393. The van der Waals surface area contributed by atoms with Crippen molar-refractivity contribution < 1.29 is 4.74 Å². The summed E-state index contributed by atoms with van der Waals surface area (Å²) >= 11 is 0. The third-order valence-electron chi connectivity index (χ3n) is 1.85. The fraction of sp³-hybridized carbons (Fsp3) is 0.556. The molecule has 2 N–H and O–H groups in total. The minimum Gasteiger partial charge on any atom is -0.375 e. The molecular formula is C9H15N3O2. The van der Waals surface area contributed by atoms with Crippen molar-refractivity contribution in [3.05, 3.63) is 28.9 Å². The summed E-state index contributed by atoms with van der Waals surface area (Å²) in [6.07, 6.45) is 3.02. The average Bonchev–Trinajstić information content (AvgIpc) is 2.20. The van der Waals surface area contributed by atoms with Crippen molar-refractivity contribution in [2.24, 2.45) is 5.73 Å². The van der Waals surface area contributed by atoms with Gasteiger partial charge >= 0.3 is 5.69 Å². The highest BCUT2D eigenvalue weighted by molar-refractivity contribution is 4.81. The lowest BCUT2D eigenvalue weighted by atomic mass is 10.3. The Morgan fingerprint density at radius 1 is 1.71 bits per heavy atom. The van der Waals surface area contributed by atoms with E-state index in [4.69, 9.17) is 10.5 Å². The zero-order valence-electron chi connectivity index (χ0n) is 8.22. The van der Waals surface area contributed by atoms with E-state index in [0.717, 1.165) is 0 Å². The number of aromatic nitrogens is 2. The highest BCUT2D eigenvalue weighted by Gasteiger charge is 2.07. The van der Waals surface area contributed by atoms with Crippen LogP contribution in [0.5, 0.6) is 0 Å². The fourth-order valence-corrected chi connectivity index (χ4v) is 1.18. The Morgan fingerprint density at radius 2 is 2.50 bits per heavy atom. The SMILES string of the molecule is CCOC(CN)Cn1cccnc1=O. The molecule has 1 heterocycles. The lowest BCUT2D eigenvalue weighted by molar-refractivity contribution is 0.0558. The summed E-state index contributed by atoms with van der Waals surface area (Å²) in [5, 5.41) is 0. The highest BCUT2D eigenvalue weighted by Crippen LogP contribution is 1.93. The maximum atomic E-state index is 11.2. The van der Waals surface area contributed by atoms with Crippen LogP contribution in [0.1, 0.15) is 6.92 Å². The minimum absolute atomic E-state index is 0.123. The highest BCUT2D eigenvalue weighted by atomic mass is 16.5. The second kappa shape index (κ2) is 5.51. The Balaban J connectivity index is 2.67. The minimum atomic E-state index is -0.273.